The molecule has 0 radical (unpaired) electrons. The molecule has 0 bridgehead atoms. The first-order valence-corrected chi connectivity index (χ1v) is 9.15. The summed E-state index contributed by atoms with van der Waals surface area (Å²) in [5.74, 6) is 0.782. The minimum Gasteiger partial charge on any atom is -0.375 e. The van der Waals surface area contributed by atoms with E-state index in [1.54, 1.807) is 0 Å². The highest BCUT2D eigenvalue weighted by atomic mass is 16.5. The maximum Gasteiger partial charge on any atom is 0.0710 e. The van der Waals surface area contributed by atoms with Crippen molar-refractivity contribution < 1.29 is 4.74 Å². The maximum atomic E-state index is 6.13. The van der Waals surface area contributed by atoms with E-state index >= 15 is 0 Å². The Morgan fingerprint density at radius 3 is 2.10 bits per heavy atom. The van der Waals surface area contributed by atoms with Gasteiger partial charge in [0.2, 0.25) is 0 Å². The summed E-state index contributed by atoms with van der Waals surface area (Å²) in [5.41, 5.74) is 1.00. The maximum absolute atomic E-state index is 6.13. The van der Waals surface area contributed by atoms with Gasteiger partial charge in [0.05, 0.1) is 5.60 Å². The van der Waals surface area contributed by atoms with Crippen molar-refractivity contribution in [2.24, 2.45) is 11.3 Å². The number of hydrogen-bond acceptors (Lipinski definition) is 3. The molecule has 3 heterocycles. The second-order valence-electron chi connectivity index (χ2n) is 8.07. The van der Waals surface area contributed by atoms with Gasteiger partial charge in [-0.1, -0.05) is 20.8 Å². The standard InChI is InChI=1S/C16H28N2O.C2H6/c1-13-7-16(19-10-13)3-5-18(6-4-16)14-8-15(9-14)11-17(2)12-15;1-2/h13-14H,3-12H2,1-2H3;1-2H3. The Balaban J connectivity index is 0.000000636. The Morgan fingerprint density at radius 2 is 1.62 bits per heavy atom. The molecule has 0 aromatic rings. The number of rotatable bonds is 1. The summed E-state index contributed by atoms with van der Waals surface area (Å²) >= 11 is 0. The Labute approximate surface area is 131 Å². The molecule has 0 aromatic heterocycles. The highest BCUT2D eigenvalue weighted by Crippen LogP contribution is 2.50. The molecule has 0 N–H and O–H groups in total. The van der Waals surface area contributed by atoms with E-state index in [0.717, 1.165) is 24.0 Å². The van der Waals surface area contributed by atoms with E-state index in [1.807, 2.05) is 13.8 Å². The number of likely N-dealkylation sites (tertiary alicyclic amines) is 2. The molecule has 3 heteroatoms. The van der Waals surface area contributed by atoms with E-state index in [9.17, 15) is 0 Å². The van der Waals surface area contributed by atoms with Crippen LogP contribution in [-0.2, 0) is 4.74 Å². The molecule has 122 valence electrons. The number of piperidine rings is 1. The van der Waals surface area contributed by atoms with Gasteiger partial charge in [0, 0.05) is 38.8 Å². The van der Waals surface area contributed by atoms with Crippen LogP contribution in [0.25, 0.3) is 0 Å². The average molecular weight is 294 g/mol. The Morgan fingerprint density at radius 1 is 1.00 bits per heavy atom. The molecule has 1 atom stereocenters. The summed E-state index contributed by atoms with van der Waals surface area (Å²) in [6.07, 6.45) is 6.78. The van der Waals surface area contributed by atoms with Crippen molar-refractivity contribution in [3.63, 3.8) is 0 Å². The topological polar surface area (TPSA) is 15.7 Å². The summed E-state index contributed by atoms with van der Waals surface area (Å²) in [4.78, 5) is 5.23. The third-order valence-electron chi connectivity index (χ3n) is 6.17. The highest BCUT2D eigenvalue weighted by Gasteiger charge is 2.53. The molecule has 4 fully saturated rings. The molecular formula is C18H34N2O. The van der Waals surface area contributed by atoms with Gasteiger partial charge in [-0.2, -0.15) is 0 Å². The van der Waals surface area contributed by atoms with Crippen molar-refractivity contribution in [1.29, 1.82) is 0 Å². The highest BCUT2D eigenvalue weighted by molar-refractivity contribution is 5.07. The van der Waals surface area contributed by atoms with Gasteiger partial charge in [-0.05, 0) is 50.5 Å². The zero-order valence-corrected chi connectivity index (χ0v) is 14.5. The van der Waals surface area contributed by atoms with Gasteiger partial charge in [-0.3, -0.25) is 0 Å². The predicted octanol–water partition coefficient (Wildman–Crippen LogP) is 3.00. The van der Waals surface area contributed by atoms with Gasteiger partial charge < -0.3 is 14.5 Å². The molecule has 1 aliphatic carbocycles. The van der Waals surface area contributed by atoms with E-state index in [4.69, 9.17) is 4.74 Å². The fourth-order valence-corrected chi connectivity index (χ4v) is 5.27. The SMILES string of the molecule is CC.CC1COC2(CCN(C3CC4(C3)CN(C)C4)CC2)C1. The number of hydrogen-bond donors (Lipinski definition) is 0. The second-order valence-corrected chi connectivity index (χ2v) is 8.07. The van der Waals surface area contributed by atoms with Gasteiger partial charge in [0.25, 0.3) is 0 Å². The van der Waals surface area contributed by atoms with Crippen LogP contribution >= 0.6 is 0 Å². The fraction of sp³-hybridized carbons (Fsp3) is 1.00. The Bertz CT molecular complexity index is 348. The van der Waals surface area contributed by atoms with Crippen molar-refractivity contribution in [3.05, 3.63) is 0 Å². The van der Waals surface area contributed by atoms with Crippen LogP contribution in [0.3, 0.4) is 0 Å². The summed E-state index contributed by atoms with van der Waals surface area (Å²) in [7, 11) is 2.25. The molecule has 0 amide bonds. The third kappa shape index (κ3) is 2.89. The van der Waals surface area contributed by atoms with Crippen LogP contribution in [0, 0.1) is 11.3 Å². The summed E-state index contributed by atoms with van der Waals surface area (Å²) in [6.45, 7) is 12.6. The summed E-state index contributed by atoms with van der Waals surface area (Å²) in [5, 5.41) is 0. The molecular weight excluding hydrogens is 260 g/mol. The molecule has 0 aromatic carbocycles. The van der Waals surface area contributed by atoms with Crippen molar-refractivity contribution in [2.45, 2.75) is 64.5 Å². The van der Waals surface area contributed by atoms with Crippen LogP contribution in [0.2, 0.25) is 0 Å². The summed E-state index contributed by atoms with van der Waals surface area (Å²) in [6, 6.07) is 0.893. The first-order chi connectivity index (χ1) is 10.1. The first-order valence-electron chi connectivity index (χ1n) is 9.15. The van der Waals surface area contributed by atoms with Crippen LogP contribution in [0.4, 0.5) is 0 Å². The molecule has 4 aliphatic rings. The zero-order valence-electron chi connectivity index (χ0n) is 14.5. The number of nitrogens with zero attached hydrogens (tertiary/aromatic N) is 2. The minimum atomic E-state index is 0.272. The zero-order chi connectivity index (χ0) is 15.1. The van der Waals surface area contributed by atoms with Gasteiger partial charge in [0.15, 0.2) is 0 Å². The van der Waals surface area contributed by atoms with E-state index in [-0.39, 0.29) is 5.60 Å². The van der Waals surface area contributed by atoms with Gasteiger partial charge in [0.1, 0.15) is 0 Å². The molecule has 3 nitrogen and oxygen atoms in total. The van der Waals surface area contributed by atoms with Gasteiger partial charge in [-0.15, -0.1) is 0 Å². The quantitative estimate of drug-likeness (QED) is 0.739. The van der Waals surface area contributed by atoms with Crippen molar-refractivity contribution in [2.75, 3.05) is 39.8 Å². The van der Waals surface area contributed by atoms with Gasteiger partial charge >= 0.3 is 0 Å². The van der Waals surface area contributed by atoms with Gasteiger partial charge in [-0.25, -0.2) is 0 Å². The molecule has 1 unspecified atom stereocenters. The third-order valence-corrected chi connectivity index (χ3v) is 6.17. The van der Waals surface area contributed by atoms with E-state index < -0.39 is 0 Å². The normalized spacial score (nSPS) is 35.1. The molecule has 2 spiro atoms. The van der Waals surface area contributed by atoms with E-state index in [1.165, 1.54) is 58.3 Å². The van der Waals surface area contributed by atoms with Crippen LogP contribution in [0.5, 0.6) is 0 Å². The smallest absolute Gasteiger partial charge is 0.0710 e. The van der Waals surface area contributed by atoms with Crippen LogP contribution < -0.4 is 0 Å². The lowest BCUT2D eigenvalue weighted by Crippen LogP contribution is -2.66. The second kappa shape index (κ2) is 5.82. The largest absolute Gasteiger partial charge is 0.375 e. The predicted molar refractivity (Wildman–Crippen MR) is 87.6 cm³/mol. The monoisotopic (exact) mass is 294 g/mol. The van der Waals surface area contributed by atoms with Crippen molar-refractivity contribution in [3.8, 4) is 0 Å². The van der Waals surface area contributed by atoms with Crippen LogP contribution in [0.15, 0.2) is 0 Å². The Kier molecular flexibility index (Phi) is 4.37. The lowest BCUT2D eigenvalue weighted by molar-refractivity contribution is -0.119. The van der Waals surface area contributed by atoms with E-state index in [2.05, 4.69) is 23.8 Å². The van der Waals surface area contributed by atoms with Crippen molar-refractivity contribution >= 4 is 0 Å². The fourth-order valence-electron chi connectivity index (χ4n) is 5.27. The summed E-state index contributed by atoms with van der Waals surface area (Å²) < 4.78 is 6.13. The number of ether oxygens (including phenoxy) is 1. The first kappa shape index (κ1) is 15.8. The lowest BCUT2D eigenvalue weighted by Gasteiger charge is -2.61. The minimum absolute atomic E-state index is 0.272. The average Bonchev–Trinajstić information content (AvgIpc) is 2.77. The molecule has 3 aliphatic heterocycles. The van der Waals surface area contributed by atoms with Crippen LogP contribution in [0.1, 0.15) is 52.9 Å². The molecule has 1 saturated carbocycles. The molecule has 3 saturated heterocycles. The van der Waals surface area contributed by atoms with Crippen molar-refractivity contribution in [1.82, 2.24) is 9.80 Å². The van der Waals surface area contributed by atoms with E-state index in [0.29, 0.717) is 0 Å². The van der Waals surface area contributed by atoms with Crippen LogP contribution in [-0.4, -0.2) is 61.3 Å². The molecule has 4 rings (SSSR count). The lowest BCUT2D eigenvalue weighted by atomic mass is 9.60. The Hall–Kier alpha value is -0.120. The molecule has 21 heavy (non-hydrogen) atoms.